The van der Waals surface area contributed by atoms with Gasteiger partial charge in [-0.2, -0.15) is 5.09 Å². The quantitative estimate of drug-likeness (QED) is 0.166. The molecule has 2 aromatic carbocycles. The van der Waals surface area contributed by atoms with Crippen molar-refractivity contribution in [3.05, 3.63) is 60.4 Å². The summed E-state index contributed by atoms with van der Waals surface area (Å²) in [5.74, 6) is 0.617. The Morgan fingerprint density at radius 2 is 1.82 bits per heavy atom. The maximum Gasteiger partial charge on any atom is 0.459 e. The lowest BCUT2D eigenvalue weighted by Gasteiger charge is -2.27. The fraction of sp³-hybridized carbons (Fsp3) is 0.393. The first-order chi connectivity index (χ1) is 19.3. The van der Waals surface area contributed by atoms with Crippen LogP contribution in [0.15, 0.2) is 54.6 Å². The Bertz CT molecular complexity index is 1500. The molecule has 2 aromatic heterocycles. The van der Waals surface area contributed by atoms with Gasteiger partial charge in [0.2, 0.25) is 5.91 Å². The summed E-state index contributed by atoms with van der Waals surface area (Å²) in [4.78, 5) is 21.2. The Hall–Kier alpha value is -3.50. The summed E-state index contributed by atoms with van der Waals surface area (Å²) in [5, 5.41) is 3.56. The zero-order valence-electron chi connectivity index (χ0n) is 23.1. The van der Waals surface area contributed by atoms with Crippen molar-refractivity contribution in [1.29, 1.82) is 0 Å². The molecule has 0 saturated heterocycles. The van der Waals surface area contributed by atoms with E-state index in [2.05, 4.69) is 21.6 Å². The largest absolute Gasteiger partial charge is 0.459 e. The van der Waals surface area contributed by atoms with E-state index in [1.54, 1.807) is 24.3 Å². The van der Waals surface area contributed by atoms with Gasteiger partial charge in [0.1, 0.15) is 23.7 Å². The molecule has 12 heteroatoms. The van der Waals surface area contributed by atoms with Crippen LogP contribution in [0.3, 0.4) is 0 Å². The van der Waals surface area contributed by atoms with Crippen molar-refractivity contribution in [2.24, 2.45) is 5.73 Å². The second-order valence-corrected chi connectivity index (χ2v) is 11.2. The van der Waals surface area contributed by atoms with Gasteiger partial charge in [-0.05, 0) is 38.5 Å². The zero-order chi connectivity index (χ0) is 28.7. The van der Waals surface area contributed by atoms with Crippen LogP contribution < -0.4 is 21.1 Å². The predicted octanol–water partition coefficient (Wildman–Crippen LogP) is 5.10. The van der Waals surface area contributed by atoms with Gasteiger partial charge in [-0.15, -0.1) is 0 Å². The summed E-state index contributed by atoms with van der Waals surface area (Å²) in [6, 6.07) is 15.1. The molecule has 11 nitrogen and oxygen atoms in total. The molecule has 5 N–H and O–H groups in total. The fourth-order valence-corrected chi connectivity index (χ4v) is 6.03. The van der Waals surface area contributed by atoms with Crippen LogP contribution in [0.4, 0.5) is 5.82 Å². The van der Waals surface area contributed by atoms with E-state index in [0.717, 1.165) is 29.3 Å². The summed E-state index contributed by atoms with van der Waals surface area (Å²) >= 11 is 0. The number of nitrogen functional groups attached to an aromatic ring is 1. The molecule has 0 radical (unpaired) electrons. The molecule has 0 aliphatic rings. The van der Waals surface area contributed by atoms with E-state index in [4.69, 9.17) is 30.2 Å². The van der Waals surface area contributed by atoms with Crippen molar-refractivity contribution in [3.63, 3.8) is 0 Å². The number of fused-ring (bicyclic) bond motifs is 3. The summed E-state index contributed by atoms with van der Waals surface area (Å²) in [6.45, 7) is 6.26. The van der Waals surface area contributed by atoms with Crippen molar-refractivity contribution >= 4 is 41.4 Å². The minimum absolute atomic E-state index is 0.0102. The van der Waals surface area contributed by atoms with Crippen LogP contribution in [0.2, 0.25) is 0 Å². The number of carbonyl (C=O) groups excluding carboxylic acids is 1. The molecule has 40 heavy (non-hydrogen) atoms. The van der Waals surface area contributed by atoms with E-state index in [9.17, 15) is 9.36 Å². The van der Waals surface area contributed by atoms with Gasteiger partial charge < -0.3 is 25.3 Å². The maximum atomic E-state index is 14.0. The lowest BCUT2D eigenvalue weighted by Crippen LogP contribution is -2.38. The van der Waals surface area contributed by atoms with Gasteiger partial charge in [0.25, 0.3) is 0 Å². The first kappa shape index (κ1) is 29.5. The molecular formula is C28H37N6O5P. The van der Waals surface area contributed by atoms with Crippen molar-refractivity contribution in [1.82, 2.24) is 19.6 Å². The number of hydrogen-bond donors (Lipinski definition) is 3. The molecular weight excluding hydrogens is 531 g/mol. The van der Waals surface area contributed by atoms with Gasteiger partial charge in [-0.1, -0.05) is 56.2 Å². The minimum Gasteiger partial charge on any atom is -0.413 e. The average Bonchev–Trinajstić information content (AvgIpc) is 3.32. The number of imidazole rings is 1. The Labute approximate surface area is 233 Å². The maximum absolute atomic E-state index is 14.0. The van der Waals surface area contributed by atoms with E-state index in [1.165, 1.54) is 6.92 Å². The number of benzene rings is 2. The van der Waals surface area contributed by atoms with E-state index in [1.807, 2.05) is 37.3 Å². The third-order valence-electron chi connectivity index (χ3n) is 6.50. The third kappa shape index (κ3) is 6.79. The Balaban J connectivity index is 1.79. The average molecular weight is 569 g/mol. The molecule has 0 unspecified atom stereocenters. The molecule has 1 amide bonds. The number of nitrogens with two attached hydrogens (primary N) is 2. The predicted molar refractivity (Wildman–Crippen MR) is 156 cm³/mol. The first-order valence-electron chi connectivity index (χ1n) is 13.4. The number of aromatic nitrogens is 3. The number of primary amides is 1. The van der Waals surface area contributed by atoms with Crippen LogP contribution in [-0.2, 0) is 25.2 Å². The van der Waals surface area contributed by atoms with Crippen LogP contribution in [0, 0.1) is 0 Å². The van der Waals surface area contributed by atoms with Gasteiger partial charge in [0.15, 0.2) is 5.82 Å². The number of pyridine rings is 1. The highest BCUT2D eigenvalue weighted by Crippen LogP contribution is 2.46. The van der Waals surface area contributed by atoms with Crippen LogP contribution >= 0.6 is 7.75 Å². The Kier molecular flexibility index (Phi) is 9.76. The molecule has 0 fully saturated rings. The van der Waals surface area contributed by atoms with Crippen molar-refractivity contribution < 1.29 is 23.1 Å². The first-order valence-corrected chi connectivity index (χ1v) is 15.0. The SMILES string of the molecule is CCCC[C@@H](CO[P@](=O)(N[C@@H](C)C(N)=O)Oc1ccccc1)n1c(COCC)nc2c(N)nc3ccccc3c21. The molecule has 0 aliphatic carbocycles. The van der Waals surface area contributed by atoms with Crippen LogP contribution in [-0.4, -0.2) is 39.7 Å². The number of amides is 1. The molecule has 0 aliphatic heterocycles. The number of unbranched alkanes of at least 4 members (excludes halogenated alkanes) is 1. The van der Waals surface area contributed by atoms with Crippen LogP contribution in [0.1, 0.15) is 51.9 Å². The van der Waals surface area contributed by atoms with Gasteiger partial charge in [0.05, 0.1) is 29.7 Å². The second-order valence-electron chi connectivity index (χ2n) is 9.49. The number of nitrogens with zero attached hydrogens (tertiary/aromatic N) is 3. The molecule has 2 heterocycles. The summed E-state index contributed by atoms with van der Waals surface area (Å²) in [7, 11) is -4.05. The van der Waals surface area contributed by atoms with Gasteiger partial charge >= 0.3 is 7.75 Å². The molecule has 0 spiro atoms. The van der Waals surface area contributed by atoms with E-state index in [-0.39, 0.29) is 19.3 Å². The van der Waals surface area contributed by atoms with Crippen LogP contribution in [0.25, 0.3) is 21.9 Å². The van der Waals surface area contributed by atoms with E-state index >= 15 is 0 Å². The molecule has 4 aromatic rings. The lowest BCUT2D eigenvalue weighted by atomic mass is 10.1. The molecule has 3 atom stereocenters. The number of rotatable bonds is 15. The van der Waals surface area contributed by atoms with Gasteiger partial charge in [-0.3, -0.25) is 9.32 Å². The normalized spacial score (nSPS) is 14.7. The molecule has 0 bridgehead atoms. The van der Waals surface area contributed by atoms with Gasteiger partial charge in [0, 0.05) is 12.0 Å². The molecule has 4 rings (SSSR count). The number of ether oxygens (including phenoxy) is 1. The number of anilines is 1. The van der Waals surface area contributed by atoms with E-state index in [0.29, 0.717) is 35.9 Å². The minimum atomic E-state index is -4.05. The number of carbonyl (C=O) groups is 1. The number of nitrogens with one attached hydrogen (secondary N) is 1. The van der Waals surface area contributed by atoms with Crippen molar-refractivity contribution in [2.75, 3.05) is 18.9 Å². The van der Waals surface area contributed by atoms with E-state index < -0.39 is 19.7 Å². The number of para-hydroxylation sites is 2. The lowest BCUT2D eigenvalue weighted by molar-refractivity contribution is -0.119. The van der Waals surface area contributed by atoms with Gasteiger partial charge in [-0.25, -0.2) is 14.5 Å². The monoisotopic (exact) mass is 568 g/mol. The summed E-state index contributed by atoms with van der Waals surface area (Å²) in [6.07, 6.45) is 2.49. The second kappa shape index (κ2) is 13.2. The standard InChI is InChI=1S/C28H37N6O5P/c1-4-6-12-20(17-38-40(36,33-19(3)28(30)35)39-21-13-8-7-9-14-21)34-24(18-37-5-2)32-25-26(34)22-15-10-11-16-23(22)31-27(25)29/h7-11,13-16,19-20H,4-6,12,17-18H2,1-3H3,(H2,29,31)(H2,30,35)(H,33,36)/t19-,20-,40+/m0/s1. The highest BCUT2D eigenvalue weighted by molar-refractivity contribution is 7.52. The van der Waals surface area contributed by atoms with Crippen molar-refractivity contribution in [3.8, 4) is 5.75 Å². The van der Waals surface area contributed by atoms with Crippen molar-refractivity contribution in [2.45, 2.75) is 58.7 Å². The zero-order valence-corrected chi connectivity index (χ0v) is 24.0. The summed E-state index contributed by atoms with van der Waals surface area (Å²) < 4.78 is 33.7. The highest BCUT2D eigenvalue weighted by atomic mass is 31.2. The molecule has 214 valence electrons. The highest BCUT2D eigenvalue weighted by Gasteiger charge is 2.33. The topological polar surface area (TPSA) is 157 Å². The summed E-state index contributed by atoms with van der Waals surface area (Å²) in [5.41, 5.74) is 13.9. The molecule has 0 saturated carbocycles. The smallest absolute Gasteiger partial charge is 0.413 e. The Morgan fingerprint density at radius 1 is 1.10 bits per heavy atom. The number of hydrogen-bond acceptors (Lipinski definition) is 8. The fourth-order valence-electron chi connectivity index (χ4n) is 4.48. The van der Waals surface area contributed by atoms with Crippen LogP contribution in [0.5, 0.6) is 5.75 Å². The third-order valence-corrected chi connectivity index (χ3v) is 8.15. The Morgan fingerprint density at radius 3 is 2.52 bits per heavy atom.